The van der Waals surface area contributed by atoms with Crippen LogP contribution in [0.5, 0.6) is 0 Å². The van der Waals surface area contributed by atoms with Crippen molar-refractivity contribution in [1.29, 1.82) is 0 Å². The zero-order valence-electron chi connectivity index (χ0n) is 11.4. The Hall–Kier alpha value is -1.62. The molecule has 1 aliphatic rings. The minimum atomic E-state index is -0.705. The van der Waals surface area contributed by atoms with Crippen LogP contribution in [-0.2, 0) is 4.79 Å². The van der Waals surface area contributed by atoms with E-state index in [1.165, 1.54) is 11.5 Å². The fourth-order valence-corrected chi connectivity index (χ4v) is 3.79. The largest absolute Gasteiger partial charge is 0.481 e. The molecule has 0 aliphatic heterocycles. The molecule has 0 amide bonds. The molecule has 2 unspecified atom stereocenters. The van der Waals surface area contributed by atoms with Crippen LogP contribution in [0, 0.1) is 5.41 Å². The number of nitrogens with one attached hydrogen (secondary N) is 1. The molecular formula is C15H18N2O2S. The molecule has 1 aliphatic carbocycles. The Morgan fingerprint density at radius 2 is 2.25 bits per heavy atom. The molecule has 106 valence electrons. The average molecular weight is 290 g/mol. The molecule has 1 aromatic carbocycles. The van der Waals surface area contributed by atoms with E-state index in [9.17, 15) is 9.90 Å². The number of hydrogen-bond donors (Lipinski definition) is 2. The lowest BCUT2D eigenvalue weighted by Gasteiger charge is -2.38. The minimum Gasteiger partial charge on any atom is -0.481 e. The third-order valence-corrected chi connectivity index (χ3v) is 5.19. The van der Waals surface area contributed by atoms with E-state index in [4.69, 9.17) is 0 Å². The number of aromatic nitrogens is 1. The van der Waals surface area contributed by atoms with Gasteiger partial charge >= 0.3 is 5.97 Å². The lowest BCUT2D eigenvalue weighted by Crippen LogP contribution is -2.46. The van der Waals surface area contributed by atoms with Crippen LogP contribution in [0.1, 0.15) is 32.6 Å². The zero-order chi connectivity index (χ0) is 14.2. The van der Waals surface area contributed by atoms with E-state index >= 15 is 0 Å². The van der Waals surface area contributed by atoms with Gasteiger partial charge in [0.15, 0.2) is 0 Å². The fraction of sp³-hybridized carbons (Fsp3) is 0.467. The first kappa shape index (κ1) is 13.4. The van der Waals surface area contributed by atoms with Crippen LogP contribution >= 0.6 is 11.5 Å². The second-order valence-corrected chi connectivity index (χ2v) is 6.47. The standard InChI is InChI=1S/C15H18N2O2S/c1-15(14(18)19)9-5-4-8-12(15)16-13-10-6-2-3-7-11(10)17-20-13/h2-3,6-7,12,16H,4-5,8-9H2,1H3,(H,18,19). The predicted molar refractivity (Wildman–Crippen MR) is 81.2 cm³/mol. The Bertz CT molecular complexity index is 640. The Balaban J connectivity index is 1.91. The van der Waals surface area contributed by atoms with Gasteiger partial charge in [0.25, 0.3) is 0 Å². The molecule has 3 rings (SSSR count). The highest BCUT2D eigenvalue weighted by molar-refractivity contribution is 7.11. The molecule has 0 saturated heterocycles. The quantitative estimate of drug-likeness (QED) is 0.904. The van der Waals surface area contributed by atoms with Crippen LogP contribution in [-0.4, -0.2) is 21.5 Å². The molecule has 2 N–H and O–H groups in total. The summed E-state index contributed by atoms with van der Waals surface area (Å²) < 4.78 is 4.41. The van der Waals surface area contributed by atoms with Gasteiger partial charge in [0.1, 0.15) is 5.00 Å². The second-order valence-electron chi connectivity index (χ2n) is 5.69. The highest BCUT2D eigenvalue weighted by Crippen LogP contribution is 2.40. The number of anilines is 1. The van der Waals surface area contributed by atoms with Gasteiger partial charge in [-0.1, -0.05) is 25.0 Å². The van der Waals surface area contributed by atoms with E-state index in [1.807, 2.05) is 31.2 Å². The summed E-state index contributed by atoms with van der Waals surface area (Å²) >= 11 is 1.41. The van der Waals surface area contributed by atoms with Crippen molar-refractivity contribution in [3.05, 3.63) is 24.3 Å². The summed E-state index contributed by atoms with van der Waals surface area (Å²) in [7, 11) is 0. The first-order valence-corrected chi connectivity index (χ1v) is 7.73. The Morgan fingerprint density at radius 3 is 3.05 bits per heavy atom. The van der Waals surface area contributed by atoms with Gasteiger partial charge in [0, 0.05) is 11.4 Å². The number of carboxylic acids is 1. The summed E-state index contributed by atoms with van der Waals surface area (Å²) in [5.74, 6) is -0.705. The molecule has 4 nitrogen and oxygen atoms in total. The lowest BCUT2D eigenvalue weighted by atomic mass is 9.71. The van der Waals surface area contributed by atoms with Gasteiger partial charge in [-0.3, -0.25) is 4.79 Å². The maximum atomic E-state index is 11.6. The van der Waals surface area contributed by atoms with Crippen molar-refractivity contribution in [2.24, 2.45) is 5.41 Å². The monoisotopic (exact) mass is 290 g/mol. The van der Waals surface area contributed by atoms with Crippen molar-refractivity contribution in [2.75, 3.05) is 5.32 Å². The van der Waals surface area contributed by atoms with Crippen molar-refractivity contribution in [2.45, 2.75) is 38.6 Å². The molecule has 5 heteroatoms. The molecular weight excluding hydrogens is 272 g/mol. The Labute approximate surface area is 122 Å². The second kappa shape index (κ2) is 5.05. The molecule has 0 bridgehead atoms. The first-order valence-electron chi connectivity index (χ1n) is 6.95. The van der Waals surface area contributed by atoms with E-state index in [1.54, 1.807) is 0 Å². The summed E-state index contributed by atoms with van der Waals surface area (Å²) in [6.07, 6.45) is 3.70. The molecule has 2 atom stereocenters. The lowest BCUT2D eigenvalue weighted by molar-refractivity contribution is -0.150. The Kier molecular flexibility index (Phi) is 3.38. The van der Waals surface area contributed by atoms with Crippen LogP contribution in [0.25, 0.3) is 10.9 Å². The molecule has 0 radical (unpaired) electrons. The molecule has 1 aromatic heterocycles. The van der Waals surface area contributed by atoms with Crippen LogP contribution in [0.4, 0.5) is 5.00 Å². The molecule has 0 spiro atoms. The van der Waals surface area contributed by atoms with E-state index in [0.29, 0.717) is 0 Å². The van der Waals surface area contributed by atoms with E-state index in [-0.39, 0.29) is 6.04 Å². The van der Waals surface area contributed by atoms with Gasteiger partial charge < -0.3 is 10.4 Å². The smallest absolute Gasteiger partial charge is 0.311 e. The number of nitrogens with zero attached hydrogens (tertiary/aromatic N) is 1. The number of rotatable bonds is 3. The minimum absolute atomic E-state index is 0.0300. The third kappa shape index (κ3) is 2.16. The van der Waals surface area contributed by atoms with Gasteiger partial charge in [-0.2, -0.15) is 4.37 Å². The third-order valence-electron chi connectivity index (χ3n) is 4.39. The normalized spacial score (nSPS) is 26.6. The highest BCUT2D eigenvalue weighted by Gasteiger charge is 2.43. The summed E-state index contributed by atoms with van der Waals surface area (Å²) in [6.45, 7) is 1.86. The summed E-state index contributed by atoms with van der Waals surface area (Å²) in [5.41, 5.74) is 0.274. The number of hydrogen-bond acceptors (Lipinski definition) is 4. The van der Waals surface area contributed by atoms with Crippen LogP contribution < -0.4 is 5.32 Å². The molecule has 20 heavy (non-hydrogen) atoms. The molecule has 1 fully saturated rings. The predicted octanol–water partition coefficient (Wildman–Crippen LogP) is 3.74. The maximum Gasteiger partial charge on any atom is 0.311 e. The number of carboxylic acid groups (broad SMARTS) is 1. The van der Waals surface area contributed by atoms with Crippen LogP contribution in [0.2, 0.25) is 0 Å². The van der Waals surface area contributed by atoms with Gasteiger partial charge in [-0.15, -0.1) is 0 Å². The van der Waals surface area contributed by atoms with Gasteiger partial charge in [0.05, 0.1) is 10.9 Å². The topological polar surface area (TPSA) is 62.2 Å². The van der Waals surface area contributed by atoms with Crippen molar-refractivity contribution >= 4 is 33.4 Å². The van der Waals surface area contributed by atoms with Crippen molar-refractivity contribution in [1.82, 2.24) is 4.37 Å². The number of aliphatic carboxylic acids is 1. The summed E-state index contributed by atoms with van der Waals surface area (Å²) in [4.78, 5) is 11.6. The van der Waals surface area contributed by atoms with E-state index < -0.39 is 11.4 Å². The van der Waals surface area contributed by atoms with Gasteiger partial charge in [-0.25, -0.2) is 0 Å². The van der Waals surface area contributed by atoms with Crippen LogP contribution in [0.15, 0.2) is 24.3 Å². The van der Waals surface area contributed by atoms with Gasteiger partial charge in [0.2, 0.25) is 0 Å². The fourth-order valence-electron chi connectivity index (χ4n) is 2.97. The molecule has 1 heterocycles. The van der Waals surface area contributed by atoms with Crippen LogP contribution in [0.3, 0.4) is 0 Å². The zero-order valence-corrected chi connectivity index (χ0v) is 12.2. The van der Waals surface area contributed by atoms with Crippen molar-refractivity contribution in [3.8, 4) is 0 Å². The average Bonchev–Trinajstić information content (AvgIpc) is 2.85. The van der Waals surface area contributed by atoms with Crippen molar-refractivity contribution < 1.29 is 9.90 Å². The maximum absolute atomic E-state index is 11.6. The summed E-state index contributed by atoms with van der Waals surface area (Å²) in [6, 6.07) is 7.93. The Morgan fingerprint density at radius 1 is 1.45 bits per heavy atom. The number of benzene rings is 1. The first-order chi connectivity index (χ1) is 9.61. The number of carbonyl (C=O) groups is 1. The SMILES string of the molecule is CC1(C(=O)O)CCCCC1Nc1snc2ccccc12. The van der Waals surface area contributed by atoms with E-state index in [2.05, 4.69) is 9.69 Å². The summed E-state index contributed by atoms with van der Waals surface area (Å²) in [5, 5.41) is 15.1. The van der Waals surface area contributed by atoms with Crippen molar-refractivity contribution in [3.63, 3.8) is 0 Å². The molecule has 2 aromatic rings. The van der Waals surface area contributed by atoms with Gasteiger partial charge in [-0.05, 0) is 43.4 Å². The molecule has 1 saturated carbocycles. The van der Waals surface area contributed by atoms with E-state index in [0.717, 1.165) is 41.6 Å². The number of fused-ring (bicyclic) bond motifs is 1. The highest BCUT2D eigenvalue weighted by atomic mass is 32.1.